The normalized spacial score (nSPS) is 20.0. The highest BCUT2D eigenvalue weighted by Crippen LogP contribution is 2.52. The number of allylic oxidation sites excluding steroid dienone is 1. The number of nitrogens with zero attached hydrogens (tertiary/aromatic N) is 3. The Morgan fingerprint density at radius 1 is 1.24 bits per heavy atom. The highest BCUT2D eigenvalue weighted by Gasteiger charge is 2.52. The monoisotopic (exact) mass is 524 g/mol. The minimum atomic E-state index is -0.543. The van der Waals surface area contributed by atoms with Crippen molar-refractivity contribution in [3.63, 3.8) is 0 Å². The second-order valence-corrected chi connectivity index (χ2v) is 11.3. The van der Waals surface area contributed by atoms with E-state index in [1.807, 2.05) is 44.9 Å². The molecule has 1 aliphatic heterocycles. The zero-order valence-corrected chi connectivity index (χ0v) is 23.8. The van der Waals surface area contributed by atoms with Gasteiger partial charge in [-0.1, -0.05) is 43.0 Å². The number of likely N-dealkylation sites (tertiary alicyclic amines) is 1. The average Bonchev–Trinajstić information content (AvgIpc) is 2.88. The number of carbonyl (C=O) groups excluding carboxylic acids is 2. The summed E-state index contributed by atoms with van der Waals surface area (Å²) in [6, 6.07) is 10.7. The average molecular weight is 525 g/mol. The van der Waals surface area contributed by atoms with E-state index in [9.17, 15) is 9.59 Å². The molecule has 2 aliphatic rings. The van der Waals surface area contributed by atoms with Gasteiger partial charge >= 0.3 is 12.2 Å². The quantitative estimate of drug-likeness (QED) is 0.287. The summed E-state index contributed by atoms with van der Waals surface area (Å²) in [5.41, 5.74) is 1.30. The first-order valence-corrected chi connectivity index (χ1v) is 13.5. The van der Waals surface area contributed by atoms with Crippen molar-refractivity contribution in [2.75, 3.05) is 27.2 Å². The summed E-state index contributed by atoms with van der Waals surface area (Å²) >= 11 is 0. The van der Waals surface area contributed by atoms with Crippen molar-refractivity contribution in [2.45, 2.75) is 77.5 Å². The van der Waals surface area contributed by atoms with Crippen molar-refractivity contribution in [3.8, 4) is 0 Å². The summed E-state index contributed by atoms with van der Waals surface area (Å²) in [6.45, 7) is 13.2. The molecule has 0 aromatic heterocycles. The summed E-state index contributed by atoms with van der Waals surface area (Å²) in [4.78, 5) is 33.3. The summed E-state index contributed by atoms with van der Waals surface area (Å²) in [7, 11) is 3.18. The topological polar surface area (TPSA) is 83.5 Å². The van der Waals surface area contributed by atoms with Crippen LogP contribution in [0.25, 0.3) is 0 Å². The van der Waals surface area contributed by atoms with Crippen LogP contribution in [-0.2, 0) is 15.9 Å². The van der Waals surface area contributed by atoms with Crippen LogP contribution < -0.4 is 5.32 Å². The van der Waals surface area contributed by atoms with Crippen molar-refractivity contribution in [1.29, 1.82) is 0 Å². The Balaban J connectivity index is 1.80. The minimum absolute atomic E-state index is 0.0136. The molecule has 1 spiro atoms. The molecule has 1 aliphatic carbocycles. The van der Waals surface area contributed by atoms with Crippen LogP contribution in [0, 0.1) is 5.41 Å². The number of rotatable bonds is 7. The fraction of sp³-hybridized carbons (Fsp3) is 0.567. The van der Waals surface area contributed by atoms with E-state index < -0.39 is 11.7 Å². The summed E-state index contributed by atoms with van der Waals surface area (Å²) in [5, 5.41) is 2.61. The summed E-state index contributed by atoms with van der Waals surface area (Å²) in [5.74, 6) is 1.03. The first-order chi connectivity index (χ1) is 18.0. The van der Waals surface area contributed by atoms with Gasteiger partial charge in [-0.3, -0.25) is 10.3 Å². The van der Waals surface area contributed by atoms with Crippen LogP contribution in [-0.4, -0.2) is 72.8 Å². The van der Waals surface area contributed by atoms with Crippen LogP contribution in [0.15, 0.2) is 59.8 Å². The molecule has 1 saturated carbocycles. The van der Waals surface area contributed by atoms with Crippen molar-refractivity contribution in [1.82, 2.24) is 15.1 Å². The fourth-order valence-electron chi connectivity index (χ4n) is 5.50. The number of carbonyl (C=O) groups is 2. The lowest BCUT2D eigenvalue weighted by atomic mass is 9.58. The Morgan fingerprint density at radius 2 is 1.89 bits per heavy atom. The van der Waals surface area contributed by atoms with Gasteiger partial charge in [-0.2, -0.15) is 0 Å². The van der Waals surface area contributed by atoms with Crippen LogP contribution >= 0.6 is 0 Å². The SMILES string of the molecule is C=C(/C=C\C(C)N(C(Cc1ccccc1)=NC)C1CCC12CCN(C(=O)OC(C)(C)C)CC2)NC(=O)OC. The third kappa shape index (κ3) is 7.39. The predicted octanol–water partition coefficient (Wildman–Crippen LogP) is 5.55. The standard InChI is InChI=1S/C30H44N4O4/c1-22(32-27(35)37-7)13-14-23(2)34(26(31-6)21-24-11-9-8-10-12-24)25-15-16-30(25)17-19-33(20-18-30)28(36)38-29(3,4)5/h8-14,23,25H,1,15-21H2,2-7H3,(H,32,35)/b14-13-,31-26?. The Bertz CT molecular complexity index is 1040. The van der Waals surface area contributed by atoms with E-state index in [0.29, 0.717) is 24.8 Å². The molecule has 1 aromatic rings. The van der Waals surface area contributed by atoms with Crippen molar-refractivity contribution in [3.05, 3.63) is 60.3 Å². The van der Waals surface area contributed by atoms with Crippen molar-refractivity contribution < 1.29 is 19.1 Å². The molecule has 2 atom stereocenters. The molecular formula is C30H44N4O4. The van der Waals surface area contributed by atoms with E-state index in [-0.39, 0.29) is 17.6 Å². The highest BCUT2D eigenvalue weighted by atomic mass is 16.6. The molecule has 8 heteroatoms. The van der Waals surface area contributed by atoms with Crippen molar-refractivity contribution in [2.24, 2.45) is 10.4 Å². The van der Waals surface area contributed by atoms with E-state index in [4.69, 9.17) is 9.73 Å². The zero-order chi connectivity index (χ0) is 27.9. The number of amidine groups is 1. The van der Waals surface area contributed by atoms with Crippen LogP contribution in [0.4, 0.5) is 9.59 Å². The second kappa shape index (κ2) is 12.5. The minimum Gasteiger partial charge on any atom is -0.453 e. The van der Waals surface area contributed by atoms with Gasteiger partial charge in [0.05, 0.1) is 7.11 Å². The molecule has 2 fully saturated rings. The van der Waals surface area contributed by atoms with Gasteiger partial charge in [0.25, 0.3) is 0 Å². The lowest BCUT2D eigenvalue weighted by molar-refractivity contribution is -0.0543. The van der Waals surface area contributed by atoms with Gasteiger partial charge in [-0.15, -0.1) is 0 Å². The third-order valence-electron chi connectivity index (χ3n) is 7.59. The molecule has 0 bridgehead atoms. The molecule has 2 unspecified atom stereocenters. The molecule has 208 valence electrons. The van der Waals surface area contributed by atoms with E-state index in [1.165, 1.54) is 12.7 Å². The number of aliphatic imine (C=N–C) groups is 1. The first kappa shape index (κ1) is 29.3. The van der Waals surface area contributed by atoms with E-state index in [1.54, 1.807) is 0 Å². The van der Waals surface area contributed by atoms with Gasteiger partial charge in [0.1, 0.15) is 11.4 Å². The van der Waals surface area contributed by atoms with E-state index in [2.05, 4.69) is 58.8 Å². The van der Waals surface area contributed by atoms with Crippen LogP contribution in [0.3, 0.4) is 0 Å². The largest absolute Gasteiger partial charge is 0.453 e. The number of piperidine rings is 1. The zero-order valence-electron chi connectivity index (χ0n) is 23.8. The van der Waals surface area contributed by atoms with Crippen LogP contribution in [0.2, 0.25) is 0 Å². The molecule has 0 radical (unpaired) electrons. The van der Waals surface area contributed by atoms with Gasteiger partial charge in [0.2, 0.25) is 0 Å². The maximum Gasteiger partial charge on any atom is 0.411 e. The number of nitrogens with one attached hydrogen (secondary N) is 1. The molecule has 8 nitrogen and oxygen atoms in total. The third-order valence-corrected chi connectivity index (χ3v) is 7.59. The molecule has 38 heavy (non-hydrogen) atoms. The Morgan fingerprint density at radius 3 is 2.42 bits per heavy atom. The van der Waals surface area contributed by atoms with Gasteiger partial charge < -0.3 is 19.3 Å². The summed E-state index contributed by atoms with van der Waals surface area (Å²) in [6.07, 6.45) is 7.90. The number of amides is 2. The highest BCUT2D eigenvalue weighted by molar-refractivity contribution is 5.85. The number of ether oxygens (including phenoxy) is 2. The number of hydrogen-bond donors (Lipinski definition) is 1. The van der Waals surface area contributed by atoms with E-state index in [0.717, 1.165) is 37.9 Å². The number of alkyl carbamates (subject to hydrolysis) is 1. The number of benzene rings is 1. The molecular weight excluding hydrogens is 480 g/mol. The Hall–Kier alpha value is -3.29. The molecule has 1 N–H and O–H groups in total. The van der Waals surface area contributed by atoms with Gasteiger partial charge in [-0.05, 0) is 70.4 Å². The lowest BCUT2D eigenvalue weighted by Crippen LogP contribution is -2.63. The van der Waals surface area contributed by atoms with Crippen molar-refractivity contribution >= 4 is 18.0 Å². The predicted molar refractivity (Wildman–Crippen MR) is 151 cm³/mol. The van der Waals surface area contributed by atoms with Crippen LogP contribution in [0.1, 0.15) is 58.9 Å². The molecule has 3 rings (SSSR count). The molecule has 1 aromatic carbocycles. The first-order valence-electron chi connectivity index (χ1n) is 13.5. The summed E-state index contributed by atoms with van der Waals surface area (Å²) < 4.78 is 10.3. The van der Waals surface area contributed by atoms with Gasteiger partial charge in [0, 0.05) is 44.3 Å². The number of hydrogen-bond acceptors (Lipinski definition) is 5. The maximum absolute atomic E-state index is 12.7. The van der Waals surface area contributed by atoms with Crippen LogP contribution in [0.5, 0.6) is 0 Å². The Labute approximate surface area is 227 Å². The lowest BCUT2D eigenvalue weighted by Gasteiger charge is -2.59. The maximum atomic E-state index is 12.7. The number of methoxy groups -OCH3 is 1. The smallest absolute Gasteiger partial charge is 0.411 e. The molecule has 2 amide bonds. The molecule has 1 heterocycles. The van der Waals surface area contributed by atoms with Gasteiger partial charge in [0.15, 0.2) is 0 Å². The van der Waals surface area contributed by atoms with E-state index >= 15 is 0 Å². The fourth-order valence-corrected chi connectivity index (χ4v) is 5.50. The second-order valence-electron chi connectivity index (χ2n) is 11.3. The van der Waals surface area contributed by atoms with Gasteiger partial charge in [-0.25, -0.2) is 9.59 Å². The Kier molecular flexibility index (Phi) is 9.63. The molecule has 1 saturated heterocycles.